The normalized spacial score (nSPS) is 9.79. The van der Waals surface area contributed by atoms with E-state index in [1.54, 1.807) is 0 Å². The second-order valence-electron chi connectivity index (χ2n) is 2.82. The van der Waals surface area contributed by atoms with Gasteiger partial charge in [0.05, 0.1) is 12.3 Å². The maximum atomic E-state index is 5.31. The maximum absolute atomic E-state index is 5.31. The van der Waals surface area contributed by atoms with Crippen LogP contribution < -0.4 is 10.1 Å². The van der Waals surface area contributed by atoms with Gasteiger partial charge in [-0.15, -0.1) is 11.7 Å². The van der Waals surface area contributed by atoms with Crippen molar-refractivity contribution in [3.8, 4) is 5.88 Å². The molecule has 4 heteroatoms. The van der Waals surface area contributed by atoms with Crippen LogP contribution in [0.1, 0.15) is 12.1 Å². The van der Waals surface area contributed by atoms with Crippen LogP contribution in [0.3, 0.4) is 0 Å². The Bertz CT molecular complexity index is 271. The molecule has 14 heavy (non-hydrogen) atoms. The standard InChI is InChI=1S/C10H15N3O/c1-3-4-7-14-10-6-5-9(8-11-2)12-13-10/h3,5-6,11H,1,4,7-8H2,2H3. The van der Waals surface area contributed by atoms with Gasteiger partial charge in [-0.25, -0.2) is 0 Å². The first-order valence-corrected chi connectivity index (χ1v) is 4.57. The molecule has 0 aliphatic rings. The summed E-state index contributed by atoms with van der Waals surface area (Å²) in [6.45, 7) is 4.93. The molecule has 0 amide bonds. The molecule has 4 nitrogen and oxygen atoms in total. The van der Waals surface area contributed by atoms with E-state index in [0.717, 1.165) is 18.7 Å². The summed E-state index contributed by atoms with van der Waals surface area (Å²) in [7, 11) is 1.87. The molecule has 0 bridgehead atoms. The fraction of sp³-hybridized carbons (Fsp3) is 0.400. The van der Waals surface area contributed by atoms with Gasteiger partial charge in [0.2, 0.25) is 5.88 Å². The topological polar surface area (TPSA) is 47.0 Å². The molecular weight excluding hydrogens is 178 g/mol. The van der Waals surface area contributed by atoms with E-state index in [-0.39, 0.29) is 0 Å². The minimum absolute atomic E-state index is 0.562. The molecule has 1 aromatic heterocycles. The molecule has 1 rings (SSSR count). The molecular formula is C10H15N3O. The largest absolute Gasteiger partial charge is 0.476 e. The SMILES string of the molecule is C=CCCOc1ccc(CNC)nn1. The molecule has 0 radical (unpaired) electrons. The molecule has 0 aromatic carbocycles. The van der Waals surface area contributed by atoms with Gasteiger partial charge < -0.3 is 10.1 Å². The smallest absolute Gasteiger partial charge is 0.233 e. The third kappa shape index (κ3) is 3.53. The summed E-state index contributed by atoms with van der Waals surface area (Å²) in [5, 5.41) is 10.9. The third-order valence-corrected chi connectivity index (χ3v) is 1.63. The summed E-state index contributed by atoms with van der Waals surface area (Å²) < 4.78 is 5.31. The lowest BCUT2D eigenvalue weighted by Crippen LogP contribution is -2.08. The number of nitrogens with one attached hydrogen (secondary N) is 1. The van der Waals surface area contributed by atoms with Gasteiger partial charge in [-0.3, -0.25) is 0 Å². The van der Waals surface area contributed by atoms with Crippen molar-refractivity contribution < 1.29 is 4.74 Å². The van der Waals surface area contributed by atoms with Crippen molar-refractivity contribution >= 4 is 0 Å². The van der Waals surface area contributed by atoms with Crippen LogP contribution in [0.15, 0.2) is 24.8 Å². The lowest BCUT2D eigenvalue weighted by atomic mass is 10.4. The Morgan fingerprint density at radius 3 is 2.93 bits per heavy atom. The van der Waals surface area contributed by atoms with Crippen molar-refractivity contribution in [2.75, 3.05) is 13.7 Å². The van der Waals surface area contributed by atoms with Crippen molar-refractivity contribution in [3.05, 3.63) is 30.5 Å². The van der Waals surface area contributed by atoms with Crippen LogP contribution in [0.5, 0.6) is 5.88 Å². The number of hydrogen-bond donors (Lipinski definition) is 1. The number of rotatable bonds is 6. The average Bonchev–Trinajstić information content (AvgIpc) is 2.21. The minimum atomic E-state index is 0.562. The fourth-order valence-electron chi connectivity index (χ4n) is 0.947. The van der Waals surface area contributed by atoms with Crippen LogP contribution in [-0.4, -0.2) is 23.9 Å². The zero-order valence-electron chi connectivity index (χ0n) is 8.36. The van der Waals surface area contributed by atoms with Crippen LogP contribution in [0.4, 0.5) is 0 Å². The Morgan fingerprint density at radius 2 is 2.36 bits per heavy atom. The Balaban J connectivity index is 2.42. The maximum Gasteiger partial charge on any atom is 0.233 e. The van der Waals surface area contributed by atoms with Crippen LogP contribution in [0.2, 0.25) is 0 Å². The van der Waals surface area contributed by atoms with Gasteiger partial charge in [0.1, 0.15) is 0 Å². The van der Waals surface area contributed by atoms with Gasteiger partial charge in [0.15, 0.2) is 0 Å². The van der Waals surface area contributed by atoms with Gasteiger partial charge in [0, 0.05) is 12.6 Å². The lowest BCUT2D eigenvalue weighted by molar-refractivity contribution is 0.308. The van der Waals surface area contributed by atoms with E-state index in [1.165, 1.54) is 0 Å². The Labute approximate surface area is 84.0 Å². The Hall–Kier alpha value is -1.42. The summed E-state index contributed by atoms with van der Waals surface area (Å²) in [6.07, 6.45) is 2.63. The summed E-state index contributed by atoms with van der Waals surface area (Å²) >= 11 is 0. The second kappa shape index (κ2) is 6.10. The first-order valence-electron chi connectivity index (χ1n) is 4.57. The van der Waals surface area contributed by atoms with Crippen LogP contribution in [0, 0.1) is 0 Å². The van der Waals surface area contributed by atoms with E-state index >= 15 is 0 Å². The van der Waals surface area contributed by atoms with Crippen LogP contribution >= 0.6 is 0 Å². The molecule has 0 fully saturated rings. The van der Waals surface area contributed by atoms with Gasteiger partial charge in [0.25, 0.3) is 0 Å². The molecule has 0 aliphatic carbocycles. The van der Waals surface area contributed by atoms with Gasteiger partial charge in [-0.05, 0) is 19.5 Å². The van der Waals surface area contributed by atoms with E-state index < -0.39 is 0 Å². The van der Waals surface area contributed by atoms with Gasteiger partial charge in [-0.2, -0.15) is 5.10 Å². The number of ether oxygens (including phenoxy) is 1. The number of aromatic nitrogens is 2. The zero-order valence-corrected chi connectivity index (χ0v) is 8.36. The Morgan fingerprint density at radius 1 is 1.50 bits per heavy atom. The van der Waals surface area contributed by atoms with Crippen molar-refractivity contribution in [2.24, 2.45) is 0 Å². The van der Waals surface area contributed by atoms with E-state index in [1.807, 2.05) is 25.3 Å². The summed E-state index contributed by atoms with van der Waals surface area (Å²) in [5.74, 6) is 0.562. The molecule has 0 unspecified atom stereocenters. The summed E-state index contributed by atoms with van der Waals surface area (Å²) in [5.41, 5.74) is 0.906. The Kier molecular flexibility index (Phi) is 4.64. The molecule has 76 valence electrons. The fourth-order valence-corrected chi connectivity index (χ4v) is 0.947. The molecule has 1 N–H and O–H groups in total. The first-order chi connectivity index (χ1) is 6.86. The highest BCUT2D eigenvalue weighted by Gasteiger charge is 1.96. The van der Waals surface area contributed by atoms with E-state index in [2.05, 4.69) is 22.1 Å². The van der Waals surface area contributed by atoms with Crippen molar-refractivity contribution in [3.63, 3.8) is 0 Å². The predicted molar refractivity (Wildman–Crippen MR) is 55.1 cm³/mol. The highest BCUT2D eigenvalue weighted by atomic mass is 16.5. The van der Waals surface area contributed by atoms with Crippen molar-refractivity contribution in [2.45, 2.75) is 13.0 Å². The van der Waals surface area contributed by atoms with Crippen molar-refractivity contribution in [1.82, 2.24) is 15.5 Å². The highest BCUT2D eigenvalue weighted by Crippen LogP contribution is 2.04. The number of nitrogens with zero attached hydrogens (tertiary/aromatic N) is 2. The highest BCUT2D eigenvalue weighted by molar-refractivity contribution is 5.11. The molecule has 1 aromatic rings. The van der Waals surface area contributed by atoms with Gasteiger partial charge in [-0.1, -0.05) is 6.08 Å². The predicted octanol–water partition coefficient (Wildman–Crippen LogP) is 1.15. The van der Waals surface area contributed by atoms with Crippen LogP contribution in [0.25, 0.3) is 0 Å². The van der Waals surface area contributed by atoms with E-state index in [9.17, 15) is 0 Å². The molecule has 0 aliphatic heterocycles. The lowest BCUT2D eigenvalue weighted by Gasteiger charge is -2.03. The summed E-state index contributed by atoms with van der Waals surface area (Å²) in [4.78, 5) is 0. The monoisotopic (exact) mass is 193 g/mol. The van der Waals surface area contributed by atoms with Gasteiger partial charge >= 0.3 is 0 Å². The molecule has 0 atom stereocenters. The first kappa shape index (κ1) is 10.7. The molecule has 0 spiro atoms. The van der Waals surface area contributed by atoms with E-state index in [0.29, 0.717) is 12.5 Å². The minimum Gasteiger partial charge on any atom is -0.476 e. The molecule has 0 saturated heterocycles. The quantitative estimate of drug-likeness (QED) is 0.544. The molecule has 1 heterocycles. The average molecular weight is 193 g/mol. The second-order valence-corrected chi connectivity index (χ2v) is 2.82. The van der Waals surface area contributed by atoms with E-state index in [4.69, 9.17) is 4.74 Å². The molecule has 0 saturated carbocycles. The number of hydrogen-bond acceptors (Lipinski definition) is 4. The zero-order chi connectivity index (χ0) is 10.2. The summed E-state index contributed by atoms with van der Waals surface area (Å²) in [6, 6.07) is 3.72. The third-order valence-electron chi connectivity index (χ3n) is 1.63. The van der Waals surface area contributed by atoms with Crippen molar-refractivity contribution in [1.29, 1.82) is 0 Å². The van der Waals surface area contributed by atoms with Crippen LogP contribution in [-0.2, 0) is 6.54 Å².